The molecule has 2 aromatic rings. The van der Waals surface area contributed by atoms with E-state index in [0.717, 1.165) is 23.5 Å². The van der Waals surface area contributed by atoms with E-state index < -0.39 is 26.5 Å². The van der Waals surface area contributed by atoms with E-state index in [0.29, 0.717) is 15.3 Å². The number of hydrogen-bond acceptors (Lipinski definition) is 4. The molecule has 8 heteroatoms. The zero-order chi connectivity index (χ0) is 14.9. The average molecular weight is 335 g/mol. The van der Waals surface area contributed by atoms with Crippen LogP contribution in [0.5, 0.6) is 0 Å². The van der Waals surface area contributed by atoms with Crippen LogP contribution in [0.2, 0.25) is 4.34 Å². The number of benzene rings is 1. The monoisotopic (exact) mass is 334 g/mol. The predicted octanol–water partition coefficient (Wildman–Crippen LogP) is 3.21. The summed E-state index contributed by atoms with van der Waals surface area (Å²) >= 11 is 6.80. The molecule has 0 atom stereocenters. The first-order valence-electron chi connectivity index (χ1n) is 5.29. The minimum absolute atomic E-state index is 0.305. The number of aromatic carboxylic acids is 1. The summed E-state index contributed by atoms with van der Waals surface area (Å²) in [6.07, 6.45) is 0. The van der Waals surface area contributed by atoms with E-state index in [9.17, 15) is 17.6 Å². The van der Waals surface area contributed by atoms with Crippen LogP contribution in [0.3, 0.4) is 0 Å². The van der Waals surface area contributed by atoms with E-state index in [1.54, 1.807) is 12.1 Å². The molecule has 1 N–H and O–H groups in total. The molecule has 4 nitrogen and oxygen atoms in total. The Labute approximate surface area is 123 Å². The predicted molar refractivity (Wildman–Crippen MR) is 73.6 cm³/mol. The Bertz CT molecular complexity index is 768. The van der Waals surface area contributed by atoms with Gasteiger partial charge in [0.05, 0.1) is 15.7 Å². The normalized spacial score (nSPS) is 11.5. The van der Waals surface area contributed by atoms with E-state index in [1.807, 2.05) is 0 Å². The smallest absolute Gasteiger partial charge is 0.335 e. The third-order valence-corrected chi connectivity index (χ3v) is 5.58. The molecule has 0 fully saturated rings. The minimum Gasteiger partial charge on any atom is -0.478 e. The van der Waals surface area contributed by atoms with E-state index in [2.05, 4.69) is 0 Å². The third-order valence-electron chi connectivity index (χ3n) is 2.48. The molecule has 0 aliphatic rings. The SMILES string of the molecule is O=C(O)c1ccc(S(=O)(=O)Cc2ccc(Cl)s2)c(F)c1. The van der Waals surface area contributed by atoms with Crippen LogP contribution in [0, 0.1) is 5.82 Å². The summed E-state index contributed by atoms with van der Waals surface area (Å²) in [4.78, 5) is 10.6. The Morgan fingerprint density at radius 1 is 1.30 bits per heavy atom. The van der Waals surface area contributed by atoms with Crippen molar-refractivity contribution < 1.29 is 22.7 Å². The maximum absolute atomic E-state index is 13.7. The van der Waals surface area contributed by atoms with Crippen LogP contribution in [-0.2, 0) is 15.6 Å². The zero-order valence-corrected chi connectivity index (χ0v) is 12.2. The van der Waals surface area contributed by atoms with Crippen LogP contribution in [-0.4, -0.2) is 19.5 Å². The fourth-order valence-electron chi connectivity index (χ4n) is 1.58. The molecule has 0 aliphatic carbocycles. The maximum Gasteiger partial charge on any atom is 0.335 e. The number of hydrogen-bond donors (Lipinski definition) is 1. The highest BCUT2D eigenvalue weighted by Gasteiger charge is 2.22. The Hall–Kier alpha value is -1.44. The lowest BCUT2D eigenvalue weighted by Crippen LogP contribution is -2.08. The Morgan fingerprint density at radius 3 is 2.50 bits per heavy atom. The van der Waals surface area contributed by atoms with Gasteiger partial charge in [-0.15, -0.1) is 11.3 Å². The molecule has 106 valence electrons. The largest absolute Gasteiger partial charge is 0.478 e. The molecular formula is C12H8ClFO4S2. The number of carboxylic acid groups (broad SMARTS) is 1. The summed E-state index contributed by atoms with van der Waals surface area (Å²) in [5.74, 6) is -2.78. The first-order valence-corrected chi connectivity index (χ1v) is 8.14. The molecule has 0 bridgehead atoms. The van der Waals surface area contributed by atoms with Gasteiger partial charge in [-0.2, -0.15) is 0 Å². The van der Waals surface area contributed by atoms with Gasteiger partial charge in [0.25, 0.3) is 0 Å². The van der Waals surface area contributed by atoms with Crippen LogP contribution in [0.15, 0.2) is 35.2 Å². The van der Waals surface area contributed by atoms with Crippen LogP contribution in [0.25, 0.3) is 0 Å². The topological polar surface area (TPSA) is 71.4 Å². The summed E-state index contributed by atoms with van der Waals surface area (Å²) in [7, 11) is -3.89. The molecule has 0 spiro atoms. The molecule has 0 radical (unpaired) electrons. The van der Waals surface area contributed by atoms with Crippen molar-refractivity contribution in [3.05, 3.63) is 50.9 Å². The second-order valence-corrected chi connectivity index (χ2v) is 7.67. The van der Waals surface area contributed by atoms with Gasteiger partial charge >= 0.3 is 5.97 Å². The quantitative estimate of drug-likeness (QED) is 0.932. The standard InChI is InChI=1S/C12H8ClFO4S2/c13-11-4-2-8(19-11)6-20(17,18)10-3-1-7(12(15)16)5-9(10)14/h1-5H,6H2,(H,15,16). The van der Waals surface area contributed by atoms with Crippen molar-refractivity contribution in [2.45, 2.75) is 10.6 Å². The van der Waals surface area contributed by atoms with Crippen molar-refractivity contribution >= 4 is 38.7 Å². The van der Waals surface area contributed by atoms with Crippen molar-refractivity contribution in [3.8, 4) is 0 Å². The molecule has 1 aromatic carbocycles. The fraction of sp³-hybridized carbons (Fsp3) is 0.0833. The van der Waals surface area contributed by atoms with Gasteiger partial charge in [-0.05, 0) is 30.3 Å². The highest BCUT2D eigenvalue weighted by Crippen LogP contribution is 2.27. The van der Waals surface area contributed by atoms with Gasteiger partial charge < -0.3 is 5.11 Å². The van der Waals surface area contributed by atoms with Gasteiger partial charge in [0.15, 0.2) is 9.84 Å². The van der Waals surface area contributed by atoms with E-state index >= 15 is 0 Å². The molecule has 0 saturated carbocycles. The molecule has 1 aromatic heterocycles. The number of rotatable bonds is 4. The van der Waals surface area contributed by atoms with Gasteiger partial charge in [-0.1, -0.05) is 11.6 Å². The van der Waals surface area contributed by atoms with Crippen molar-refractivity contribution in [2.24, 2.45) is 0 Å². The van der Waals surface area contributed by atoms with Gasteiger partial charge in [0.2, 0.25) is 0 Å². The molecule has 0 aliphatic heterocycles. The number of thiophene rings is 1. The summed E-state index contributed by atoms with van der Waals surface area (Å²) in [5.41, 5.74) is -0.305. The fourth-order valence-corrected chi connectivity index (χ4v) is 4.42. The second-order valence-electron chi connectivity index (χ2n) is 3.92. The summed E-state index contributed by atoms with van der Waals surface area (Å²) in [6, 6.07) is 5.81. The van der Waals surface area contributed by atoms with Gasteiger partial charge in [0.1, 0.15) is 10.7 Å². The van der Waals surface area contributed by atoms with Crippen LogP contribution < -0.4 is 0 Å². The van der Waals surface area contributed by atoms with Crippen LogP contribution in [0.1, 0.15) is 15.2 Å². The lowest BCUT2D eigenvalue weighted by atomic mass is 10.2. The summed E-state index contributed by atoms with van der Waals surface area (Å²) < 4.78 is 38.4. The van der Waals surface area contributed by atoms with Crippen molar-refractivity contribution in [2.75, 3.05) is 0 Å². The number of carboxylic acids is 1. The molecular weight excluding hydrogens is 327 g/mol. The average Bonchev–Trinajstić information content (AvgIpc) is 2.73. The van der Waals surface area contributed by atoms with Crippen molar-refractivity contribution in [3.63, 3.8) is 0 Å². The number of carbonyl (C=O) groups is 1. The van der Waals surface area contributed by atoms with Gasteiger partial charge in [0, 0.05) is 4.88 Å². The highest BCUT2D eigenvalue weighted by atomic mass is 35.5. The first kappa shape index (κ1) is 15.0. The first-order chi connectivity index (χ1) is 9.29. The van der Waals surface area contributed by atoms with Gasteiger partial charge in [-0.25, -0.2) is 17.6 Å². The molecule has 2 rings (SSSR count). The Kier molecular flexibility index (Phi) is 4.12. The zero-order valence-electron chi connectivity index (χ0n) is 9.84. The lowest BCUT2D eigenvalue weighted by molar-refractivity contribution is 0.0696. The second kappa shape index (κ2) is 5.51. The Balaban J connectivity index is 2.37. The minimum atomic E-state index is -3.89. The number of sulfone groups is 1. The molecule has 0 unspecified atom stereocenters. The summed E-state index contributed by atoms with van der Waals surface area (Å²) in [5, 5.41) is 8.71. The van der Waals surface area contributed by atoms with Crippen molar-refractivity contribution in [1.29, 1.82) is 0 Å². The Morgan fingerprint density at radius 2 is 2.00 bits per heavy atom. The highest BCUT2D eigenvalue weighted by molar-refractivity contribution is 7.90. The van der Waals surface area contributed by atoms with Crippen molar-refractivity contribution in [1.82, 2.24) is 0 Å². The maximum atomic E-state index is 13.7. The third kappa shape index (κ3) is 3.17. The van der Waals surface area contributed by atoms with E-state index in [1.165, 1.54) is 0 Å². The molecule has 0 amide bonds. The van der Waals surface area contributed by atoms with Crippen LogP contribution >= 0.6 is 22.9 Å². The number of halogens is 2. The van der Waals surface area contributed by atoms with Crippen LogP contribution in [0.4, 0.5) is 4.39 Å². The molecule has 0 saturated heterocycles. The van der Waals surface area contributed by atoms with E-state index in [4.69, 9.17) is 16.7 Å². The van der Waals surface area contributed by atoms with E-state index in [-0.39, 0.29) is 11.3 Å². The lowest BCUT2D eigenvalue weighted by Gasteiger charge is -2.05. The molecule has 20 heavy (non-hydrogen) atoms. The molecule has 1 heterocycles. The van der Waals surface area contributed by atoms with Gasteiger partial charge in [-0.3, -0.25) is 0 Å². The summed E-state index contributed by atoms with van der Waals surface area (Å²) in [6.45, 7) is 0.